The van der Waals surface area contributed by atoms with Crippen molar-refractivity contribution >= 4 is 28.1 Å². The summed E-state index contributed by atoms with van der Waals surface area (Å²) in [4.78, 5) is 5.75. The fourth-order valence-electron chi connectivity index (χ4n) is 2.86. The molecule has 0 saturated carbocycles. The molecule has 2 aromatic carbocycles. The van der Waals surface area contributed by atoms with Crippen LogP contribution in [0.3, 0.4) is 0 Å². The summed E-state index contributed by atoms with van der Waals surface area (Å²) in [6.45, 7) is 0. The lowest BCUT2D eigenvalue weighted by atomic mass is 10.1. The standard InChI is InChI=1S/C19H14N6OS2/c1-26-15-9-7-13(8-10-15)16-17(24-11-12-27-18(24)20-16)28-19-21-22-23-25(19)14-5-3-2-4-6-14/h2-12H,1H3. The molecule has 0 bridgehead atoms. The number of nitrogens with zero attached hydrogens (tertiary/aromatic N) is 6. The van der Waals surface area contributed by atoms with Gasteiger partial charge < -0.3 is 4.74 Å². The topological polar surface area (TPSA) is 70.1 Å². The van der Waals surface area contributed by atoms with Crippen molar-refractivity contribution in [2.75, 3.05) is 7.11 Å². The van der Waals surface area contributed by atoms with Gasteiger partial charge >= 0.3 is 0 Å². The van der Waals surface area contributed by atoms with E-state index in [-0.39, 0.29) is 0 Å². The second kappa shape index (κ2) is 7.10. The Kier molecular flexibility index (Phi) is 4.30. The van der Waals surface area contributed by atoms with E-state index in [0.29, 0.717) is 5.16 Å². The number of fused-ring (bicyclic) bond motifs is 1. The fraction of sp³-hybridized carbons (Fsp3) is 0.0526. The summed E-state index contributed by atoms with van der Waals surface area (Å²) in [7, 11) is 1.66. The van der Waals surface area contributed by atoms with Crippen molar-refractivity contribution in [2.24, 2.45) is 0 Å². The van der Waals surface area contributed by atoms with Gasteiger partial charge in [0.1, 0.15) is 16.5 Å². The molecule has 0 atom stereocenters. The van der Waals surface area contributed by atoms with Crippen LogP contribution >= 0.6 is 23.1 Å². The molecular formula is C19H14N6OS2. The van der Waals surface area contributed by atoms with Gasteiger partial charge in [0, 0.05) is 17.1 Å². The van der Waals surface area contributed by atoms with Crippen LogP contribution in [0.4, 0.5) is 0 Å². The molecule has 7 nitrogen and oxygen atoms in total. The highest BCUT2D eigenvalue weighted by atomic mass is 32.2. The zero-order chi connectivity index (χ0) is 18.9. The van der Waals surface area contributed by atoms with Gasteiger partial charge in [0.25, 0.3) is 0 Å². The predicted molar refractivity (Wildman–Crippen MR) is 108 cm³/mol. The lowest BCUT2D eigenvalue weighted by molar-refractivity contribution is 0.415. The monoisotopic (exact) mass is 406 g/mol. The smallest absolute Gasteiger partial charge is 0.220 e. The van der Waals surface area contributed by atoms with E-state index in [9.17, 15) is 0 Å². The number of hydrogen-bond acceptors (Lipinski definition) is 7. The summed E-state index contributed by atoms with van der Waals surface area (Å²) in [5.41, 5.74) is 2.81. The number of methoxy groups -OCH3 is 1. The molecule has 0 aliphatic carbocycles. The Hall–Kier alpha value is -3.17. The quantitative estimate of drug-likeness (QED) is 0.436. The number of benzene rings is 2. The van der Waals surface area contributed by atoms with Gasteiger partial charge in [-0.15, -0.1) is 16.4 Å². The zero-order valence-electron chi connectivity index (χ0n) is 14.8. The first-order valence-electron chi connectivity index (χ1n) is 8.45. The highest BCUT2D eigenvalue weighted by Crippen LogP contribution is 2.37. The minimum Gasteiger partial charge on any atom is -0.497 e. The van der Waals surface area contributed by atoms with Crippen molar-refractivity contribution in [2.45, 2.75) is 10.2 Å². The van der Waals surface area contributed by atoms with E-state index in [1.165, 1.54) is 11.8 Å². The van der Waals surface area contributed by atoms with Crippen LogP contribution in [-0.2, 0) is 0 Å². The molecule has 5 rings (SSSR count). The van der Waals surface area contributed by atoms with Crippen molar-refractivity contribution < 1.29 is 4.74 Å². The Labute approximate surface area is 168 Å². The Morgan fingerprint density at radius 2 is 1.86 bits per heavy atom. The van der Waals surface area contributed by atoms with Crippen LogP contribution in [0.15, 0.2) is 76.4 Å². The van der Waals surface area contributed by atoms with Crippen LogP contribution < -0.4 is 4.74 Å². The molecule has 0 amide bonds. The van der Waals surface area contributed by atoms with Crippen LogP contribution in [0.1, 0.15) is 0 Å². The number of thiazole rings is 1. The molecule has 0 saturated heterocycles. The first-order valence-corrected chi connectivity index (χ1v) is 10.1. The summed E-state index contributed by atoms with van der Waals surface area (Å²) in [6, 6.07) is 17.7. The average Bonchev–Trinajstić information content (AvgIpc) is 3.46. The van der Waals surface area contributed by atoms with E-state index >= 15 is 0 Å². The number of hydrogen-bond donors (Lipinski definition) is 0. The zero-order valence-corrected chi connectivity index (χ0v) is 16.4. The van der Waals surface area contributed by atoms with Crippen LogP contribution in [0.2, 0.25) is 0 Å². The third kappa shape index (κ3) is 2.94. The van der Waals surface area contributed by atoms with E-state index in [2.05, 4.69) is 19.9 Å². The number of imidazole rings is 1. The minimum absolute atomic E-state index is 0.675. The van der Waals surface area contributed by atoms with Crippen molar-refractivity contribution in [1.82, 2.24) is 29.6 Å². The average molecular weight is 406 g/mol. The van der Waals surface area contributed by atoms with Crippen LogP contribution in [-0.4, -0.2) is 36.7 Å². The molecule has 3 aromatic heterocycles. The molecule has 0 N–H and O–H groups in total. The van der Waals surface area contributed by atoms with Gasteiger partial charge in [-0.25, -0.2) is 4.98 Å². The van der Waals surface area contributed by atoms with Gasteiger partial charge in [-0.1, -0.05) is 18.2 Å². The van der Waals surface area contributed by atoms with E-state index in [0.717, 1.165) is 32.7 Å². The molecule has 3 heterocycles. The van der Waals surface area contributed by atoms with Gasteiger partial charge in [0.2, 0.25) is 5.16 Å². The molecule has 0 radical (unpaired) electrons. The third-order valence-electron chi connectivity index (χ3n) is 4.21. The van der Waals surface area contributed by atoms with Gasteiger partial charge in [0.15, 0.2) is 4.96 Å². The number of aromatic nitrogens is 6. The Morgan fingerprint density at radius 1 is 1.04 bits per heavy atom. The lowest BCUT2D eigenvalue weighted by Crippen LogP contribution is -1.99. The van der Waals surface area contributed by atoms with E-state index in [1.807, 2.05) is 66.2 Å². The second-order valence-corrected chi connectivity index (χ2v) is 7.69. The third-order valence-corrected chi connectivity index (χ3v) is 5.99. The van der Waals surface area contributed by atoms with Crippen molar-refractivity contribution in [3.8, 4) is 22.7 Å². The van der Waals surface area contributed by atoms with Crippen LogP contribution in [0.5, 0.6) is 5.75 Å². The highest BCUT2D eigenvalue weighted by molar-refractivity contribution is 7.99. The Morgan fingerprint density at radius 3 is 2.64 bits per heavy atom. The van der Waals surface area contributed by atoms with Crippen molar-refractivity contribution in [3.63, 3.8) is 0 Å². The summed E-state index contributed by atoms with van der Waals surface area (Å²) in [5, 5.41) is 15.9. The molecule has 138 valence electrons. The van der Waals surface area contributed by atoms with E-state index < -0.39 is 0 Å². The van der Waals surface area contributed by atoms with E-state index in [1.54, 1.807) is 23.1 Å². The molecule has 0 unspecified atom stereocenters. The summed E-state index contributed by atoms with van der Waals surface area (Å²) in [5.74, 6) is 0.812. The fourth-order valence-corrected chi connectivity index (χ4v) is 4.62. The Bertz CT molecular complexity index is 1230. The maximum Gasteiger partial charge on any atom is 0.220 e. The van der Waals surface area contributed by atoms with Gasteiger partial charge in [-0.3, -0.25) is 4.40 Å². The summed E-state index contributed by atoms with van der Waals surface area (Å²) >= 11 is 3.08. The first kappa shape index (κ1) is 17.0. The number of ether oxygens (including phenoxy) is 1. The second-order valence-electron chi connectivity index (χ2n) is 5.86. The number of para-hydroxylation sites is 1. The molecule has 28 heavy (non-hydrogen) atoms. The van der Waals surface area contributed by atoms with Gasteiger partial charge in [-0.05, 0) is 58.6 Å². The summed E-state index contributed by atoms with van der Waals surface area (Å²) in [6.07, 6.45) is 2.01. The normalized spacial score (nSPS) is 11.2. The van der Waals surface area contributed by atoms with Crippen LogP contribution in [0.25, 0.3) is 21.9 Å². The molecular weight excluding hydrogens is 392 g/mol. The van der Waals surface area contributed by atoms with Gasteiger partial charge in [-0.2, -0.15) is 4.68 Å². The molecule has 0 aliphatic rings. The van der Waals surface area contributed by atoms with Crippen molar-refractivity contribution in [1.29, 1.82) is 0 Å². The molecule has 5 aromatic rings. The SMILES string of the molecule is COc1ccc(-c2nc3sccn3c2Sc2nnnn2-c2ccccc2)cc1. The highest BCUT2D eigenvalue weighted by Gasteiger charge is 2.20. The number of rotatable bonds is 5. The van der Waals surface area contributed by atoms with Gasteiger partial charge in [0.05, 0.1) is 12.8 Å². The maximum absolute atomic E-state index is 5.27. The molecule has 0 aliphatic heterocycles. The van der Waals surface area contributed by atoms with Crippen molar-refractivity contribution in [3.05, 3.63) is 66.2 Å². The molecule has 0 spiro atoms. The minimum atomic E-state index is 0.675. The largest absolute Gasteiger partial charge is 0.497 e. The lowest BCUT2D eigenvalue weighted by Gasteiger charge is -2.06. The number of tetrazole rings is 1. The first-order chi connectivity index (χ1) is 13.8. The van der Waals surface area contributed by atoms with E-state index in [4.69, 9.17) is 9.72 Å². The summed E-state index contributed by atoms with van der Waals surface area (Å²) < 4.78 is 9.07. The Balaban J connectivity index is 1.60. The molecule has 0 fully saturated rings. The molecule has 9 heteroatoms. The predicted octanol–water partition coefficient (Wildman–Crippen LogP) is 4.20. The maximum atomic E-state index is 5.27. The van der Waals surface area contributed by atoms with Crippen LogP contribution in [0, 0.1) is 0 Å².